The molecule has 0 atom stereocenters. The van der Waals surface area contributed by atoms with Crippen molar-refractivity contribution < 1.29 is 18.8 Å². The number of benzene rings is 1. The van der Waals surface area contributed by atoms with Gasteiger partial charge in [-0.25, -0.2) is 4.79 Å². The van der Waals surface area contributed by atoms with Crippen LogP contribution < -0.4 is 4.43 Å². The number of esters is 1. The summed E-state index contributed by atoms with van der Waals surface area (Å²) in [5.74, 6) is -0.151. The molecule has 0 radical (unpaired) electrons. The predicted molar refractivity (Wildman–Crippen MR) is 71.9 cm³/mol. The molecule has 0 fully saturated rings. The van der Waals surface area contributed by atoms with Crippen molar-refractivity contribution >= 4 is 20.6 Å². The number of rotatable bonds is 4. The van der Waals surface area contributed by atoms with Gasteiger partial charge in [-0.15, -0.1) is 0 Å². The molecule has 18 heavy (non-hydrogen) atoms. The van der Waals surface area contributed by atoms with Crippen LogP contribution in [-0.4, -0.2) is 27.7 Å². The first kappa shape index (κ1) is 14.4. The number of aryl methyl sites for hydroxylation is 1. The van der Waals surface area contributed by atoms with E-state index in [4.69, 9.17) is 9.16 Å². The van der Waals surface area contributed by atoms with Gasteiger partial charge in [0.1, 0.15) is 11.3 Å². The van der Waals surface area contributed by atoms with E-state index in [1.807, 2.05) is 26.6 Å². The molecular formula is C13H18O4Si. The SMILES string of the molecule is COC(=O)c1ccc(C)c(C=O)c1O[Si](C)(C)C. The lowest BCUT2D eigenvalue weighted by molar-refractivity contribution is 0.0598. The quantitative estimate of drug-likeness (QED) is 0.478. The molecule has 0 aliphatic carbocycles. The Labute approximate surface area is 108 Å². The molecule has 1 rings (SSSR count). The van der Waals surface area contributed by atoms with Crippen molar-refractivity contribution in [3.8, 4) is 5.75 Å². The monoisotopic (exact) mass is 266 g/mol. The van der Waals surface area contributed by atoms with Gasteiger partial charge in [-0.05, 0) is 38.2 Å². The van der Waals surface area contributed by atoms with Crippen molar-refractivity contribution in [3.05, 3.63) is 28.8 Å². The molecule has 5 heteroatoms. The highest BCUT2D eigenvalue weighted by atomic mass is 28.4. The molecule has 0 aliphatic heterocycles. The molecule has 0 unspecified atom stereocenters. The van der Waals surface area contributed by atoms with E-state index < -0.39 is 14.3 Å². The van der Waals surface area contributed by atoms with Gasteiger partial charge in [-0.2, -0.15) is 0 Å². The Balaban J connectivity index is 3.44. The maximum Gasteiger partial charge on any atom is 0.341 e. The summed E-state index contributed by atoms with van der Waals surface area (Å²) in [6, 6.07) is 3.34. The third-order valence-corrected chi connectivity index (χ3v) is 3.16. The van der Waals surface area contributed by atoms with E-state index in [1.165, 1.54) is 7.11 Å². The third kappa shape index (κ3) is 3.19. The Morgan fingerprint density at radius 3 is 2.33 bits per heavy atom. The van der Waals surface area contributed by atoms with Crippen LogP contribution >= 0.6 is 0 Å². The van der Waals surface area contributed by atoms with Crippen LogP contribution in [0.5, 0.6) is 5.75 Å². The van der Waals surface area contributed by atoms with Crippen LogP contribution in [0.25, 0.3) is 0 Å². The minimum absolute atomic E-state index is 0.299. The molecule has 0 aromatic heterocycles. The molecular weight excluding hydrogens is 248 g/mol. The second-order valence-corrected chi connectivity index (χ2v) is 9.43. The fraction of sp³-hybridized carbons (Fsp3) is 0.385. The standard InChI is InChI=1S/C13H18O4Si/c1-9-6-7-10(13(15)16-2)12(11(9)8-14)17-18(3,4)5/h6-8H,1-5H3. The summed E-state index contributed by atoms with van der Waals surface area (Å²) >= 11 is 0. The topological polar surface area (TPSA) is 52.6 Å². The van der Waals surface area contributed by atoms with Crippen LogP contribution in [0.15, 0.2) is 12.1 Å². The summed E-state index contributed by atoms with van der Waals surface area (Å²) in [6.45, 7) is 7.78. The van der Waals surface area contributed by atoms with Crippen LogP contribution in [0.4, 0.5) is 0 Å². The zero-order valence-electron chi connectivity index (χ0n) is 11.4. The van der Waals surface area contributed by atoms with E-state index in [2.05, 4.69) is 0 Å². The molecule has 0 aliphatic rings. The number of hydrogen-bond donors (Lipinski definition) is 0. The first-order chi connectivity index (χ1) is 8.30. The fourth-order valence-corrected chi connectivity index (χ4v) is 2.36. The van der Waals surface area contributed by atoms with Crippen LogP contribution in [-0.2, 0) is 4.74 Å². The Hall–Kier alpha value is -1.62. The number of hydrogen-bond acceptors (Lipinski definition) is 4. The summed E-state index contributed by atoms with van der Waals surface area (Å²) in [4.78, 5) is 22.9. The molecule has 0 bridgehead atoms. The summed E-state index contributed by atoms with van der Waals surface area (Å²) in [5, 5.41) is 0. The fourth-order valence-electron chi connectivity index (χ4n) is 1.53. The van der Waals surface area contributed by atoms with Gasteiger partial charge in [0.25, 0.3) is 0 Å². The molecule has 0 N–H and O–H groups in total. The molecule has 0 heterocycles. The van der Waals surface area contributed by atoms with Crippen molar-refractivity contribution in [2.45, 2.75) is 26.6 Å². The van der Waals surface area contributed by atoms with Crippen molar-refractivity contribution in [1.82, 2.24) is 0 Å². The maximum absolute atomic E-state index is 11.7. The number of aldehydes is 1. The number of ether oxygens (including phenoxy) is 1. The van der Waals surface area contributed by atoms with E-state index >= 15 is 0 Å². The highest BCUT2D eigenvalue weighted by Crippen LogP contribution is 2.29. The molecule has 0 saturated heterocycles. The number of methoxy groups -OCH3 is 1. The molecule has 1 aromatic carbocycles. The Kier molecular flexibility index (Phi) is 4.29. The summed E-state index contributed by atoms with van der Waals surface area (Å²) in [5.41, 5.74) is 1.50. The highest BCUT2D eigenvalue weighted by molar-refractivity contribution is 6.70. The minimum atomic E-state index is -1.93. The lowest BCUT2D eigenvalue weighted by Crippen LogP contribution is -2.31. The van der Waals surface area contributed by atoms with Crippen molar-refractivity contribution in [2.75, 3.05) is 7.11 Å². The predicted octanol–water partition coefficient (Wildman–Crippen LogP) is 2.81. The smallest absolute Gasteiger partial charge is 0.341 e. The third-order valence-electron chi connectivity index (χ3n) is 2.35. The lowest BCUT2D eigenvalue weighted by atomic mass is 10.0. The lowest BCUT2D eigenvalue weighted by Gasteiger charge is -2.23. The van der Waals surface area contributed by atoms with Gasteiger partial charge in [-0.3, -0.25) is 4.79 Å². The summed E-state index contributed by atoms with van der Waals surface area (Å²) in [7, 11) is -0.619. The maximum atomic E-state index is 11.7. The van der Waals surface area contributed by atoms with Gasteiger partial charge in [0, 0.05) is 0 Å². The van der Waals surface area contributed by atoms with Gasteiger partial charge in [0.15, 0.2) is 6.29 Å². The Bertz CT molecular complexity index is 475. The van der Waals surface area contributed by atoms with E-state index in [9.17, 15) is 9.59 Å². The van der Waals surface area contributed by atoms with E-state index in [0.717, 1.165) is 11.8 Å². The van der Waals surface area contributed by atoms with Crippen LogP contribution in [0.1, 0.15) is 26.3 Å². The van der Waals surface area contributed by atoms with Crippen molar-refractivity contribution in [3.63, 3.8) is 0 Å². The Morgan fingerprint density at radius 1 is 1.28 bits per heavy atom. The normalized spacial score (nSPS) is 10.9. The average molecular weight is 266 g/mol. The first-order valence-electron chi connectivity index (χ1n) is 5.66. The van der Waals surface area contributed by atoms with Gasteiger partial charge in [-0.1, -0.05) is 6.07 Å². The van der Waals surface area contributed by atoms with E-state index in [-0.39, 0.29) is 0 Å². The first-order valence-corrected chi connectivity index (χ1v) is 9.07. The Morgan fingerprint density at radius 2 is 1.89 bits per heavy atom. The summed E-state index contributed by atoms with van der Waals surface area (Å²) < 4.78 is 10.6. The van der Waals surface area contributed by atoms with Gasteiger partial charge < -0.3 is 9.16 Å². The van der Waals surface area contributed by atoms with Crippen LogP contribution in [0.3, 0.4) is 0 Å². The summed E-state index contributed by atoms with van der Waals surface area (Å²) in [6.07, 6.45) is 0.719. The average Bonchev–Trinajstić information content (AvgIpc) is 2.26. The number of carbonyl (C=O) groups is 2. The zero-order chi connectivity index (χ0) is 13.9. The van der Waals surface area contributed by atoms with E-state index in [1.54, 1.807) is 12.1 Å². The molecule has 1 aromatic rings. The van der Waals surface area contributed by atoms with Crippen molar-refractivity contribution in [2.24, 2.45) is 0 Å². The molecule has 0 saturated carbocycles. The second-order valence-electron chi connectivity index (χ2n) is 5.00. The van der Waals surface area contributed by atoms with Crippen LogP contribution in [0, 0.1) is 6.92 Å². The van der Waals surface area contributed by atoms with Gasteiger partial charge in [0.2, 0.25) is 8.32 Å². The van der Waals surface area contributed by atoms with Gasteiger partial charge in [0.05, 0.1) is 12.7 Å². The molecule has 4 nitrogen and oxygen atoms in total. The van der Waals surface area contributed by atoms with E-state index in [0.29, 0.717) is 16.9 Å². The largest absolute Gasteiger partial charge is 0.543 e. The number of carbonyl (C=O) groups excluding carboxylic acids is 2. The van der Waals surface area contributed by atoms with Crippen LogP contribution in [0.2, 0.25) is 19.6 Å². The second kappa shape index (κ2) is 5.35. The van der Waals surface area contributed by atoms with Gasteiger partial charge >= 0.3 is 5.97 Å². The minimum Gasteiger partial charge on any atom is -0.543 e. The molecule has 98 valence electrons. The highest BCUT2D eigenvalue weighted by Gasteiger charge is 2.24. The molecule has 0 amide bonds. The van der Waals surface area contributed by atoms with Crippen molar-refractivity contribution in [1.29, 1.82) is 0 Å². The molecule has 0 spiro atoms. The zero-order valence-corrected chi connectivity index (χ0v) is 12.4.